The summed E-state index contributed by atoms with van der Waals surface area (Å²) in [6, 6.07) is 20.3. The van der Waals surface area contributed by atoms with E-state index in [9.17, 15) is 0 Å². The average molecular weight is 385 g/mol. The number of hydrogen-bond donors (Lipinski definition) is 0. The maximum atomic E-state index is 2.47. The number of rotatable bonds is 8. The van der Waals surface area contributed by atoms with Gasteiger partial charge >= 0.3 is 0 Å². The molecule has 0 spiro atoms. The van der Waals surface area contributed by atoms with Crippen molar-refractivity contribution in [3.05, 3.63) is 48.5 Å². The number of anilines is 2. The molecule has 3 heteroatoms. The van der Waals surface area contributed by atoms with E-state index in [0.717, 1.165) is 0 Å². The standard InChI is InChI=1S/C24H37N2P/c1-17(2)25(18(3)4)21-9-13-23(14-10-21)27-24-15-11-22(12-16-24)26(19(5)6)20(7)8/h9-20,27H,1-8H3. The summed E-state index contributed by atoms with van der Waals surface area (Å²) in [5.41, 5.74) is 2.63. The second-order valence-corrected chi connectivity index (χ2v) is 9.81. The van der Waals surface area contributed by atoms with Crippen LogP contribution < -0.4 is 20.4 Å². The Bertz CT molecular complexity index is 610. The van der Waals surface area contributed by atoms with Gasteiger partial charge in [0.15, 0.2) is 0 Å². The summed E-state index contributed by atoms with van der Waals surface area (Å²) >= 11 is 0. The van der Waals surface area contributed by atoms with Crippen molar-refractivity contribution < 1.29 is 0 Å². The van der Waals surface area contributed by atoms with Gasteiger partial charge in [-0.15, -0.1) is 0 Å². The summed E-state index contributed by atoms with van der Waals surface area (Å²) in [4.78, 5) is 4.93. The highest BCUT2D eigenvalue weighted by Gasteiger charge is 2.15. The largest absolute Gasteiger partial charge is 0.367 e. The van der Waals surface area contributed by atoms with Crippen molar-refractivity contribution in [1.82, 2.24) is 0 Å². The zero-order valence-corrected chi connectivity index (χ0v) is 19.3. The fourth-order valence-electron chi connectivity index (χ4n) is 3.99. The first-order valence-corrected chi connectivity index (χ1v) is 11.2. The van der Waals surface area contributed by atoms with Crippen LogP contribution in [0.5, 0.6) is 0 Å². The minimum atomic E-state index is 0.510. The maximum Gasteiger partial charge on any atom is 0.0371 e. The van der Waals surface area contributed by atoms with Crippen LogP contribution in [0.2, 0.25) is 0 Å². The van der Waals surface area contributed by atoms with Crippen LogP contribution in [-0.2, 0) is 0 Å². The molecule has 2 aromatic rings. The fourth-order valence-corrected chi connectivity index (χ4v) is 4.99. The summed E-state index contributed by atoms with van der Waals surface area (Å²) < 4.78 is 0. The summed E-state index contributed by atoms with van der Waals surface area (Å²) in [6.45, 7) is 18.1. The molecule has 0 aliphatic carbocycles. The molecule has 0 saturated carbocycles. The molecule has 0 aliphatic rings. The highest BCUT2D eigenvalue weighted by Crippen LogP contribution is 2.23. The zero-order chi connectivity index (χ0) is 20.1. The van der Waals surface area contributed by atoms with E-state index in [4.69, 9.17) is 0 Å². The number of benzene rings is 2. The van der Waals surface area contributed by atoms with E-state index in [1.807, 2.05) is 0 Å². The first-order chi connectivity index (χ1) is 12.7. The summed E-state index contributed by atoms with van der Waals surface area (Å²) in [5.74, 6) is 0. The molecule has 2 rings (SSSR count). The summed E-state index contributed by atoms with van der Waals surface area (Å²) in [7, 11) is 0.698. The van der Waals surface area contributed by atoms with Crippen molar-refractivity contribution in [3.8, 4) is 0 Å². The monoisotopic (exact) mass is 384 g/mol. The second-order valence-electron chi connectivity index (χ2n) is 8.41. The maximum absolute atomic E-state index is 2.47. The third-order valence-electron chi connectivity index (χ3n) is 4.84. The Balaban J connectivity index is 2.11. The summed E-state index contributed by atoms with van der Waals surface area (Å²) in [6.07, 6.45) is 0. The molecule has 0 atom stereocenters. The lowest BCUT2D eigenvalue weighted by Gasteiger charge is -2.33. The van der Waals surface area contributed by atoms with Gasteiger partial charge in [-0.1, -0.05) is 32.8 Å². The molecule has 0 aromatic heterocycles. The zero-order valence-electron chi connectivity index (χ0n) is 18.3. The van der Waals surface area contributed by atoms with Crippen LogP contribution in [0.15, 0.2) is 48.5 Å². The second kappa shape index (κ2) is 9.60. The van der Waals surface area contributed by atoms with Crippen molar-refractivity contribution in [2.45, 2.75) is 79.6 Å². The molecule has 0 N–H and O–H groups in total. The van der Waals surface area contributed by atoms with Crippen LogP contribution in [-0.4, -0.2) is 24.2 Å². The van der Waals surface area contributed by atoms with Crippen molar-refractivity contribution in [1.29, 1.82) is 0 Å². The molecule has 0 aliphatic heterocycles. The highest BCUT2D eigenvalue weighted by atomic mass is 31.1. The van der Waals surface area contributed by atoms with Crippen molar-refractivity contribution >= 4 is 30.6 Å². The third-order valence-corrected chi connectivity index (χ3v) is 6.09. The van der Waals surface area contributed by atoms with E-state index in [0.29, 0.717) is 32.7 Å². The van der Waals surface area contributed by atoms with Crippen LogP contribution >= 0.6 is 8.58 Å². The molecule has 0 bridgehead atoms. The van der Waals surface area contributed by atoms with E-state index in [1.54, 1.807) is 0 Å². The lowest BCUT2D eigenvalue weighted by Crippen LogP contribution is -2.37. The van der Waals surface area contributed by atoms with Crippen LogP contribution in [0.3, 0.4) is 0 Å². The van der Waals surface area contributed by atoms with Gasteiger partial charge in [0, 0.05) is 35.5 Å². The topological polar surface area (TPSA) is 6.48 Å². The van der Waals surface area contributed by atoms with E-state index in [1.165, 1.54) is 22.0 Å². The minimum absolute atomic E-state index is 0.510. The molecule has 148 valence electrons. The van der Waals surface area contributed by atoms with Crippen molar-refractivity contribution in [3.63, 3.8) is 0 Å². The fraction of sp³-hybridized carbons (Fsp3) is 0.500. The van der Waals surface area contributed by atoms with Crippen LogP contribution in [0, 0.1) is 0 Å². The SMILES string of the molecule is CC(C)N(c1ccc(Pc2ccc(N(C(C)C)C(C)C)cc2)cc1)C(C)C. The van der Waals surface area contributed by atoms with Gasteiger partial charge < -0.3 is 9.80 Å². The normalized spacial score (nSPS) is 11.7. The predicted molar refractivity (Wildman–Crippen MR) is 126 cm³/mol. The van der Waals surface area contributed by atoms with Crippen LogP contribution in [0.4, 0.5) is 11.4 Å². The quantitative estimate of drug-likeness (QED) is 0.550. The lowest BCUT2D eigenvalue weighted by molar-refractivity contribution is 0.608. The Morgan fingerprint density at radius 2 is 0.741 bits per heavy atom. The first-order valence-electron chi connectivity index (χ1n) is 10.2. The van der Waals surface area contributed by atoms with Gasteiger partial charge in [0.2, 0.25) is 0 Å². The molecule has 0 amide bonds. The van der Waals surface area contributed by atoms with Crippen molar-refractivity contribution in [2.75, 3.05) is 9.80 Å². The van der Waals surface area contributed by atoms with Gasteiger partial charge in [0.05, 0.1) is 0 Å². The van der Waals surface area contributed by atoms with Gasteiger partial charge in [-0.2, -0.15) is 0 Å². The minimum Gasteiger partial charge on any atom is -0.367 e. The first kappa shape index (κ1) is 21.8. The van der Waals surface area contributed by atoms with Crippen LogP contribution in [0.25, 0.3) is 0 Å². The molecule has 0 fully saturated rings. The van der Waals surface area contributed by atoms with E-state index in [2.05, 4.69) is 114 Å². The van der Waals surface area contributed by atoms with Gasteiger partial charge in [-0.05, 0) is 90.3 Å². The predicted octanol–water partition coefficient (Wildman–Crippen LogP) is 5.56. The Morgan fingerprint density at radius 1 is 0.481 bits per heavy atom. The Morgan fingerprint density at radius 3 is 0.963 bits per heavy atom. The van der Waals surface area contributed by atoms with Crippen LogP contribution in [0.1, 0.15) is 55.4 Å². The molecule has 27 heavy (non-hydrogen) atoms. The van der Waals surface area contributed by atoms with E-state index in [-0.39, 0.29) is 0 Å². The molecular weight excluding hydrogens is 347 g/mol. The highest BCUT2D eigenvalue weighted by molar-refractivity contribution is 7.55. The average Bonchev–Trinajstić information content (AvgIpc) is 2.57. The smallest absolute Gasteiger partial charge is 0.0371 e. The van der Waals surface area contributed by atoms with Gasteiger partial charge in [-0.25, -0.2) is 0 Å². The Labute approximate surface area is 168 Å². The number of nitrogens with zero attached hydrogens (tertiary/aromatic N) is 2. The summed E-state index contributed by atoms with van der Waals surface area (Å²) in [5, 5.41) is 2.78. The Kier molecular flexibility index (Phi) is 7.74. The number of hydrogen-bond acceptors (Lipinski definition) is 2. The molecule has 0 radical (unpaired) electrons. The molecule has 2 aromatic carbocycles. The van der Waals surface area contributed by atoms with Crippen molar-refractivity contribution in [2.24, 2.45) is 0 Å². The lowest BCUT2D eigenvalue weighted by atomic mass is 10.2. The molecule has 0 heterocycles. The Hall–Kier alpha value is -1.53. The van der Waals surface area contributed by atoms with Gasteiger partial charge in [-0.3, -0.25) is 0 Å². The van der Waals surface area contributed by atoms with Gasteiger partial charge in [0.25, 0.3) is 0 Å². The molecule has 0 saturated heterocycles. The van der Waals surface area contributed by atoms with E-state index < -0.39 is 0 Å². The third kappa shape index (κ3) is 5.72. The molecular formula is C24H37N2P. The molecule has 0 unspecified atom stereocenters. The van der Waals surface area contributed by atoms with E-state index >= 15 is 0 Å². The molecule has 2 nitrogen and oxygen atoms in total. The van der Waals surface area contributed by atoms with Gasteiger partial charge in [0.1, 0.15) is 0 Å².